The SMILES string of the molecule is CCOc1c(Cl)cc(C(=O)NNC(=O)CC(C)C)cc1OC. The van der Waals surface area contributed by atoms with E-state index < -0.39 is 5.91 Å². The van der Waals surface area contributed by atoms with E-state index in [1.807, 2.05) is 20.8 Å². The van der Waals surface area contributed by atoms with E-state index in [1.165, 1.54) is 19.2 Å². The Kier molecular flexibility index (Phi) is 6.98. The van der Waals surface area contributed by atoms with Crippen LogP contribution < -0.4 is 20.3 Å². The van der Waals surface area contributed by atoms with Crippen LogP contribution in [0.5, 0.6) is 11.5 Å². The van der Waals surface area contributed by atoms with E-state index in [9.17, 15) is 9.59 Å². The highest BCUT2D eigenvalue weighted by Gasteiger charge is 2.16. The standard InChI is InChI=1S/C15H21ClN2O4/c1-5-22-14-11(16)7-10(8-12(14)21-4)15(20)18-17-13(19)6-9(2)3/h7-9H,5-6H2,1-4H3,(H,17,19)(H,18,20). The van der Waals surface area contributed by atoms with Crippen LogP contribution in [0, 0.1) is 5.92 Å². The summed E-state index contributed by atoms with van der Waals surface area (Å²) in [7, 11) is 1.46. The number of nitrogens with one attached hydrogen (secondary N) is 2. The Balaban J connectivity index is 2.81. The first-order chi connectivity index (χ1) is 10.4. The fourth-order valence-corrected chi connectivity index (χ4v) is 2.02. The van der Waals surface area contributed by atoms with Crippen molar-refractivity contribution in [3.63, 3.8) is 0 Å². The van der Waals surface area contributed by atoms with Gasteiger partial charge in [-0.05, 0) is 25.0 Å². The van der Waals surface area contributed by atoms with E-state index in [0.29, 0.717) is 24.5 Å². The van der Waals surface area contributed by atoms with Crippen LogP contribution >= 0.6 is 11.6 Å². The monoisotopic (exact) mass is 328 g/mol. The second-order valence-corrected chi connectivity index (χ2v) is 5.43. The normalized spacial score (nSPS) is 10.3. The highest BCUT2D eigenvalue weighted by Crippen LogP contribution is 2.36. The lowest BCUT2D eigenvalue weighted by atomic mass is 10.1. The largest absolute Gasteiger partial charge is 0.493 e. The van der Waals surface area contributed by atoms with Gasteiger partial charge >= 0.3 is 0 Å². The highest BCUT2D eigenvalue weighted by molar-refractivity contribution is 6.32. The van der Waals surface area contributed by atoms with E-state index in [0.717, 1.165) is 0 Å². The van der Waals surface area contributed by atoms with Crippen LogP contribution in [0.25, 0.3) is 0 Å². The molecule has 0 bridgehead atoms. The van der Waals surface area contributed by atoms with Crippen LogP contribution in [0.4, 0.5) is 0 Å². The Morgan fingerprint density at radius 3 is 2.50 bits per heavy atom. The highest BCUT2D eigenvalue weighted by atomic mass is 35.5. The molecule has 2 amide bonds. The maximum atomic E-state index is 12.0. The molecule has 0 saturated heterocycles. The quantitative estimate of drug-likeness (QED) is 0.787. The summed E-state index contributed by atoms with van der Waals surface area (Å²) in [6, 6.07) is 2.96. The summed E-state index contributed by atoms with van der Waals surface area (Å²) in [6.45, 7) is 6.07. The zero-order chi connectivity index (χ0) is 16.7. The van der Waals surface area contributed by atoms with Crippen LogP contribution in [0.1, 0.15) is 37.6 Å². The summed E-state index contributed by atoms with van der Waals surface area (Å²) in [6.07, 6.45) is 0.327. The number of amides is 2. The van der Waals surface area contributed by atoms with E-state index in [-0.39, 0.29) is 22.4 Å². The van der Waals surface area contributed by atoms with Crippen LogP contribution in [-0.4, -0.2) is 25.5 Å². The first-order valence-electron chi connectivity index (χ1n) is 6.98. The minimum atomic E-state index is -0.486. The third-order valence-corrected chi connectivity index (χ3v) is 2.97. The third-order valence-electron chi connectivity index (χ3n) is 2.69. The first-order valence-corrected chi connectivity index (χ1v) is 7.36. The maximum absolute atomic E-state index is 12.0. The molecule has 0 aliphatic rings. The number of ether oxygens (including phenoxy) is 2. The zero-order valence-electron chi connectivity index (χ0n) is 13.2. The second-order valence-electron chi connectivity index (χ2n) is 5.02. The smallest absolute Gasteiger partial charge is 0.269 e. The zero-order valence-corrected chi connectivity index (χ0v) is 13.9. The number of halogens is 1. The molecule has 1 rings (SSSR count). The van der Waals surface area contributed by atoms with Crippen LogP contribution in [0.2, 0.25) is 5.02 Å². The number of hydrogen-bond donors (Lipinski definition) is 2. The number of benzene rings is 1. The topological polar surface area (TPSA) is 76.7 Å². The van der Waals surface area contributed by atoms with Crippen molar-refractivity contribution in [1.29, 1.82) is 0 Å². The van der Waals surface area contributed by atoms with Crippen molar-refractivity contribution in [3.8, 4) is 11.5 Å². The number of hydrazine groups is 1. The predicted octanol–water partition coefficient (Wildman–Crippen LogP) is 2.55. The molecule has 0 aromatic heterocycles. The van der Waals surface area contributed by atoms with Crippen molar-refractivity contribution in [2.75, 3.05) is 13.7 Å². The van der Waals surface area contributed by atoms with Gasteiger partial charge in [0, 0.05) is 12.0 Å². The van der Waals surface area contributed by atoms with Crippen LogP contribution in [-0.2, 0) is 4.79 Å². The molecule has 0 radical (unpaired) electrons. The Morgan fingerprint density at radius 2 is 1.95 bits per heavy atom. The number of rotatable bonds is 6. The summed E-state index contributed by atoms with van der Waals surface area (Å²) >= 11 is 6.10. The molecular formula is C15H21ClN2O4. The van der Waals surface area contributed by atoms with Gasteiger partial charge in [-0.15, -0.1) is 0 Å². The molecular weight excluding hydrogens is 308 g/mol. The molecule has 0 aliphatic carbocycles. The minimum Gasteiger partial charge on any atom is -0.493 e. The lowest BCUT2D eigenvalue weighted by Crippen LogP contribution is -2.42. The molecule has 2 N–H and O–H groups in total. The molecule has 0 saturated carbocycles. The van der Waals surface area contributed by atoms with Gasteiger partial charge in [0.25, 0.3) is 5.91 Å². The summed E-state index contributed by atoms with van der Waals surface area (Å²) < 4.78 is 10.5. The second kappa shape index (κ2) is 8.48. The minimum absolute atomic E-state index is 0.205. The fourth-order valence-electron chi connectivity index (χ4n) is 1.76. The van der Waals surface area contributed by atoms with Gasteiger partial charge in [0.1, 0.15) is 0 Å². The maximum Gasteiger partial charge on any atom is 0.269 e. The molecule has 6 nitrogen and oxygen atoms in total. The van der Waals surface area contributed by atoms with Gasteiger partial charge in [-0.1, -0.05) is 25.4 Å². The van der Waals surface area contributed by atoms with Gasteiger partial charge < -0.3 is 9.47 Å². The predicted molar refractivity (Wildman–Crippen MR) is 84.2 cm³/mol. The Bertz CT molecular complexity index is 547. The molecule has 0 unspecified atom stereocenters. The average molecular weight is 329 g/mol. The van der Waals surface area contributed by atoms with Gasteiger partial charge in [-0.2, -0.15) is 0 Å². The molecule has 1 aromatic carbocycles. The van der Waals surface area contributed by atoms with Gasteiger partial charge in [0.15, 0.2) is 11.5 Å². The summed E-state index contributed by atoms with van der Waals surface area (Å²) in [5, 5.41) is 0.264. The summed E-state index contributed by atoms with van der Waals surface area (Å²) in [5.74, 6) is 0.199. The van der Waals surface area contributed by atoms with Crippen molar-refractivity contribution >= 4 is 23.4 Å². The van der Waals surface area contributed by atoms with E-state index in [4.69, 9.17) is 21.1 Å². The lowest BCUT2D eigenvalue weighted by molar-refractivity contribution is -0.122. The molecule has 7 heteroatoms. The van der Waals surface area contributed by atoms with E-state index >= 15 is 0 Å². The lowest BCUT2D eigenvalue weighted by Gasteiger charge is -2.13. The summed E-state index contributed by atoms with van der Waals surface area (Å²) in [5.41, 5.74) is 4.96. The number of carbonyl (C=O) groups is 2. The van der Waals surface area contributed by atoms with E-state index in [1.54, 1.807) is 0 Å². The molecule has 0 atom stereocenters. The van der Waals surface area contributed by atoms with Crippen molar-refractivity contribution in [2.45, 2.75) is 27.2 Å². The molecule has 0 aliphatic heterocycles. The molecule has 122 valence electrons. The Labute approximate surface area is 135 Å². The number of carbonyl (C=O) groups excluding carboxylic acids is 2. The van der Waals surface area contributed by atoms with Crippen molar-refractivity contribution in [1.82, 2.24) is 10.9 Å². The van der Waals surface area contributed by atoms with Crippen molar-refractivity contribution < 1.29 is 19.1 Å². The first kappa shape index (κ1) is 18.1. The number of hydrogen-bond acceptors (Lipinski definition) is 4. The molecule has 1 aromatic rings. The van der Waals surface area contributed by atoms with Gasteiger partial charge in [-0.3, -0.25) is 20.4 Å². The van der Waals surface area contributed by atoms with Crippen molar-refractivity contribution in [3.05, 3.63) is 22.7 Å². The van der Waals surface area contributed by atoms with Crippen LogP contribution in [0.15, 0.2) is 12.1 Å². The number of methoxy groups -OCH3 is 1. The van der Waals surface area contributed by atoms with Crippen LogP contribution in [0.3, 0.4) is 0 Å². The van der Waals surface area contributed by atoms with Gasteiger partial charge in [0.2, 0.25) is 5.91 Å². The Morgan fingerprint density at radius 1 is 1.27 bits per heavy atom. The van der Waals surface area contributed by atoms with Gasteiger partial charge in [0.05, 0.1) is 18.7 Å². The fraction of sp³-hybridized carbons (Fsp3) is 0.467. The average Bonchev–Trinajstić information content (AvgIpc) is 2.46. The molecule has 0 heterocycles. The third kappa shape index (κ3) is 5.11. The van der Waals surface area contributed by atoms with Gasteiger partial charge in [-0.25, -0.2) is 0 Å². The van der Waals surface area contributed by atoms with E-state index in [2.05, 4.69) is 10.9 Å². The molecule has 22 heavy (non-hydrogen) atoms. The Hall–Kier alpha value is -1.95. The molecule has 0 fully saturated rings. The summed E-state index contributed by atoms with van der Waals surface area (Å²) in [4.78, 5) is 23.6. The molecule has 0 spiro atoms. The van der Waals surface area contributed by atoms with Crippen molar-refractivity contribution in [2.24, 2.45) is 5.92 Å².